The van der Waals surface area contributed by atoms with Gasteiger partial charge in [-0.05, 0) is 42.3 Å². The number of aromatic nitrogens is 2. The fourth-order valence-corrected chi connectivity index (χ4v) is 3.11. The number of carbonyl (C=O) groups excluding carboxylic acids is 1. The van der Waals surface area contributed by atoms with Gasteiger partial charge in [0.25, 0.3) is 5.91 Å². The summed E-state index contributed by atoms with van der Waals surface area (Å²) in [5, 5.41) is 17.9. The molecule has 10 heteroatoms. The molecule has 2 heterocycles. The van der Waals surface area contributed by atoms with Crippen LogP contribution in [0.4, 0.5) is 11.4 Å². The maximum Gasteiger partial charge on any atom is 0.310 e. The van der Waals surface area contributed by atoms with Crippen molar-refractivity contribution in [1.82, 2.24) is 9.78 Å². The number of para-hydroxylation sites is 2. The van der Waals surface area contributed by atoms with Gasteiger partial charge in [0.1, 0.15) is 18.1 Å². The van der Waals surface area contributed by atoms with E-state index in [-0.39, 0.29) is 30.5 Å². The Morgan fingerprint density at radius 1 is 1.12 bits per heavy atom. The van der Waals surface area contributed by atoms with E-state index in [0.29, 0.717) is 11.4 Å². The number of anilines is 1. The number of amides is 1. The number of hydrogen-bond acceptors (Lipinski definition) is 7. The largest absolute Gasteiger partial charge is 0.479 e. The van der Waals surface area contributed by atoms with E-state index in [4.69, 9.17) is 13.9 Å². The molecule has 4 rings (SSSR count). The molecule has 0 spiro atoms. The minimum atomic E-state index is -0.524. The van der Waals surface area contributed by atoms with E-state index in [1.54, 1.807) is 29.1 Å². The minimum Gasteiger partial charge on any atom is -0.479 e. The van der Waals surface area contributed by atoms with Crippen LogP contribution < -0.4 is 14.8 Å². The highest BCUT2D eigenvalue weighted by Crippen LogP contribution is 2.27. The number of rotatable bonds is 10. The Kier molecular flexibility index (Phi) is 6.87. The maximum atomic E-state index is 12.5. The molecule has 0 saturated carbocycles. The highest BCUT2D eigenvalue weighted by atomic mass is 16.6. The van der Waals surface area contributed by atoms with E-state index in [2.05, 4.69) is 17.3 Å². The van der Waals surface area contributed by atoms with Crippen LogP contribution in [0.3, 0.4) is 0 Å². The lowest BCUT2D eigenvalue weighted by Gasteiger charge is -2.06. The van der Waals surface area contributed by atoms with Gasteiger partial charge in [-0.2, -0.15) is 5.10 Å². The molecule has 0 aliphatic heterocycles. The van der Waals surface area contributed by atoms with E-state index in [9.17, 15) is 14.9 Å². The molecular formula is C24H22N4O6. The fourth-order valence-electron chi connectivity index (χ4n) is 3.11. The molecule has 0 saturated heterocycles. The number of ether oxygens (including phenoxy) is 2. The van der Waals surface area contributed by atoms with Crippen LogP contribution in [-0.2, 0) is 19.8 Å². The normalized spacial score (nSPS) is 10.6. The van der Waals surface area contributed by atoms with Crippen molar-refractivity contribution in [3.63, 3.8) is 0 Å². The summed E-state index contributed by atoms with van der Waals surface area (Å²) in [6.45, 7) is 2.22. The first-order valence-electron chi connectivity index (χ1n) is 10.5. The van der Waals surface area contributed by atoms with Crippen molar-refractivity contribution < 1.29 is 23.6 Å². The molecule has 1 amide bonds. The molecule has 4 aromatic rings. The van der Waals surface area contributed by atoms with Crippen LogP contribution >= 0.6 is 0 Å². The second kappa shape index (κ2) is 10.3. The van der Waals surface area contributed by atoms with Crippen LogP contribution in [-0.4, -0.2) is 20.6 Å². The first-order valence-corrected chi connectivity index (χ1v) is 10.5. The van der Waals surface area contributed by atoms with E-state index in [1.165, 1.54) is 30.0 Å². The lowest BCUT2D eigenvalue weighted by atomic mass is 10.2. The molecule has 2 aromatic heterocycles. The van der Waals surface area contributed by atoms with Crippen molar-refractivity contribution >= 4 is 17.3 Å². The summed E-state index contributed by atoms with van der Waals surface area (Å²) in [4.78, 5) is 23.0. The van der Waals surface area contributed by atoms with Crippen molar-refractivity contribution in [3.8, 4) is 11.5 Å². The van der Waals surface area contributed by atoms with Crippen molar-refractivity contribution in [2.75, 3.05) is 5.32 Å². The first kappa shape index (κ1) is 22.6. The van der Waals surface area contributed by atoms with Gasteiger partial charge >= 0.3 is 5.69 Å². The van der Waals surface area contributed by atoms with Gasteiger partial charge in [0.15, 0.2) is 18.2 Å². The van der Waals surface area contributed by atoms with Gasteiger partial charge in [0, 0.05) is 6.07 Å². The zero-order valence-corrected chi connectivity index (χ0v) is 18.3. The highest BCUT2D eigenvalue weighted by Gasteiger charge is 2.16. The van der Waals surface area contributed by atoms with Gasteiger partial charge in [-0.25, -0.2) is 4.68 Å². The minimum absolute atomic E-state index is 0.0629. The number of aryl methyl sites for hydroxylation is 1. The van der Waals surface area contributed by atoms with E-state index in [0.717, 1.165) is 12.2 Å². The van der Waals surface area contributed by atoms with Gasteiger partial charge in [0.05, 0.1) is 23.0 Å². The monoisotopic (exact) mass is 462 g/mol. The first-order chi connectivity index (χ1) is 16.5. The molecular weight excluding hydrogens is 440 g/mol. The van der Waals surface area contributed by atoms with Crippen LogP contribution in [0.15, 0.2) is 77.5 Å². The van der Waals surface area contributed by atoms with Crippen LogP contribution in [0.2, 0.25) is 0 Å². The van der Waals surface area contributed by atoms with Crippen LogP contribution in [0.1, 0.15) is 28.8 Å². The van der Waals surface area contributed by atoms with Gasteiger partial charge in [0.2, 0.25) is 0 Å². The average Bonchev–Trinajstić information content (AvgIpc) is 3.51. The molecule has 34 heavy (non-hydrogen) atoms. The number of furan rings is 1. The molecule has 0 radical (unpaired) electrons. The summed E-state index contributed by atoms with van der Waals surface area (Å²) >= 11 is 0. The predicted octanol–water partition coefficient (Wildman–Crippen LogP) is 4.81. The van der Waals surface area contributed by atoms with Crippen molar-refractivity contribution in [3.05, 3.63) is 100 Å². The number of carbonyl (C=O) groups is 1. The van der Waals surface area contributed by atoms with Gasteiger partial charge in [-0.1, -0.05) is 31.2 Å². The second-order valence-corrected chi connectivity index (χ2v) is 7.27. The average molecular weight is 462 g/mol. The molecule has 10 nitrogen and oxygen atoms in total. The SMILES string of the molecule is CCc1ccc(OCn2cc(NC(=O)c3ccc(COc4ccccc4[N+](=O)[O-])o3)cn2)cc1. The maximum absolute atomic E-state index is 12.5. The summed E-state index contributed by atoms with van der Waals surface area (Å²) < 4.78 is 18.2. The fraction of sp³-hybridized carbons (Fsp3) is 0.167. The Balaban J connectivity index is 1.30. The van der Waals surface area contributed by atoms with Crippen LogP contribution in [0, 0.1) is 10.1 Å². The number of nitro groups is 1. The van der Waals surface area contributed by atoms with Gasteiger partial charge in [-0.3, -0.25) is 14.9 Å². The summed E-state index contributed by atoms with van der Waals surface area (Å²) in [6, 6.07) is 16.9. The molecule has 0 atom stereocenters. The molecule has 0 bridgehead atoms. The molecule has 174 valence electrons. The van der Waals surface area contributed by atoms with E-state index < -0.39 is 10.8 Å². The molecule has 2 aromatic carbocycles. The Bertz CT molecular complexity index is 1280. The molecule has 0 fully saturated rings. The van der Waals surface area contributed by atoms with E-state index >= 15 is 0 Å². The summed E-state index contributed by atoms with van der Waals surface area (Å²) in [7, 11) is 0. The number of nitrogens with zero attached hydrogens (tertiary/aromatic N) is 3. The second-order valence-electron chi connectivity index (χ2n) is 7.27. The van der Waals surface area contributed by atoms with E-state index in [1.807, 2.05) is 24.3 Å². The summed E-state index contributed by atoms with van der Waals surface area (Å²) in [5.41, 5.74) is 1.56. The molecule has 1 N–H and O–H groups in total. The van der Waals surface area contributed by atoms with Crippen molar-refractivity contribution in [2.45, 2.75) is 26.7 Å². The number of nitrogens with one attached hydrogen (secondary N) is 1. The number of hydrogen-bond donors (Lipinski definition) is 1. The Labute approximate surface area is 194 Å². The summed E-state index contributed by atoms with van der Waals surface area (Å²) in [6.07, 6.45) is 4.10. The number of benzene rings is 2. The Morgan fingerprint density at radius 2 is 1.91 bits per heavy atom. The molecule has 0 unspecified atom stereocenters. The third-order valence-corrected chi connectivity index (χ3v) is 4.90. The Hall–Kier alpha value is -4.60. The third-order valence-electron chi connectivity index (χ3n) is 4.90. The topological polar surface area (TPSA) is 122 Å². The number of nitro benzene ring substituents is 1. The Morgan fingerprint density at radius 3 is 2.68 bits per heavy atom. The zero-order chi connectivity index (χ0) is 23.9. The van der Waals surface area contributed by atoms with Gasteiger partial charge < -0.3 is 19.2 Å². The van der Waals surface area contributed by atoms with Crippen LogP contribution in [0.5, 0.6) is 11.5 Å². The lowest BCUT2D eigenvalue weighted by Crippen LogP contribution is -2.10. The standard InChI is InChI=1S/C24H22N4O6/c1-2-17-7-9-19(10-8-17)33-16-27-14-18(13-25-27)26-24(29)23-12-11-20(34-23)15-32-22-6-4-3-5-21(22)28(30)31/h3-14H,2,15-16H2,1H3,(H,26,29). The lowest BCUT2D eigenvalue weighted by molar-refractivity contribution is -0.386. The zero-order valence-electron chi connectivity index (χ0n) is 18.3. The van der Waals surface area contributed by atoms with Gasteiger partial charge in [-0.15, -0.1) is 0 Å². The van der Waals surface area contributed by atoms with Crippen molar-refractivity contribution in [2.24, 2.45) is 0 Å². The van der Waals surface area contributed by atoms with Crippen LogP contribution in [0.25, 0.3) is 0 Å². The quantitative estimate of drug-likeness (QED) is 0.265. The molecule has 0 aliphatic rings. The third kappa shape index (κ3) is 5.60. The predicted molar refractivity (Wildman–Crippen MR) is 123 cm³/mol. The van der Waals surface area contributed by atoms with Crippen molar-refractivity contribution in [1.29, 1.82) is 0 Å². The smallest absolute Gasteiger partial charge is 0.310 e. The summed E-state index contributed by atoms with van der Waals surface area (Å²) in [5.74, 6) is 0.797. The highest BCUT2D eigenvalue weighted by molar-refractivity contribution is 6.02. The molecule has 0 aliphatic carbocycles.